The highest BCUT2D eigenvalue weighted by Crippen LogP contribution is 2.32. The number of hydrogen-bond acceptors (Lipinski definition) is 5. The molecule has 3 heterocycles. The largest absolute Gasteiger partial charge is 0.363 e. The van der Waals surface area contributed by atoms with Gasteiger partial charge in [-0.15, -0.1) is 0 Å². The lowest BCUT2D eigenvalue weighted by Gasteiger charge is -2.31. The minimum Gasteiger partial charge on any atom is -0.363 e. The first kappa shape index (κ1) is 14.9. The molecule has 2 aliphatic rings. The summed E-state index contributed by atoms with van der Waals surface area (Å²) in [7, 11) is 0. The molecule has 114 valence electrons. The zero-order chi connectivity index (χ0) is 15.0. The summed E-state index contributed by atoms with van der Waals surface area (Å²) in [4.78, 5) is 22.5. The quantitative estimate of drug-likeness (QED) is 0.636. The molecule has 8 heteroatoms. The van der Waals surface area contributed by atoms with Gasteiger partial charge in [-0.25, -0.2) is 4.98 Å². The van der Waals surface area contributed by atoms with E-state index in [0.29, 0.717) is 11.6 Å². The van der Waals surface area contributed by atoms with Crippen LogP contribution >= 0.6 is 11.6 Å². The van der Waals surface area contributed by atoms with Crippen molar-refractivity contribution in [2.75, 3.05) is 24.2 Å². The number of fused-ring (bicyclic) bond motifs is 1. The Labute approximate surface area is 131 Å². The Kier molecular flexibility index (Phi) is 4.24. The topological polar surface area (TPSA) is 78.4 Å². The van der Waals surface area contributed by atoms with Crippen molar-refractivity contribution < 1.29 is 9.35 Å². The Morgan fingerprint density at radius 3 is 2.81 bits per heavy atom. The van der Waals surface area contributed by atoms with Crippen LogP contribution in [0.3, 0.4) is 0 Å². The van der Waals surface area contributed by atoms with Gasteiger partial charge < -0.3 is 10.2 Å². The summed E-state index contributed by atoms with van der Waals surface area (Å²) in [5, 5.41) is 3.60. The lowest BCUT2D eigenvalue weighted by atomic mass is 10.1. The number of amides is 1. The number of nitrogens with zero attached hydrogens (tertiary/aromatic N) is 3. The number of rotatable bonds is 2. The molecule has 21 heavy (non-hydrogen) atoms. The highest BCUT2D eigenvalue weighted by molar-refractivity contribution is 7.92. The molecule has 1 aromatic rings. The molecule has 0 radical (unpaired) electrons. The van der Waals surface area contributed by atoms with E-state index in [1.54, 1.807) is 6.92 Å². The number of aryl methyl sites for hydroxylation is 1. The van der Waals surface area contributed by atoms with E-state index in [0.717, 1.165) is 42.9 Å². The van der Waals surface area contributed by atoms with Crippen LogP contribution in [-0.4, -0.2) is 50.2 Å². The second-order valence-corrected chi connectivity index (χ2v) is 7.24. The van der Waals surface area contributed by atoms with Gasteiger partial charge >= 0.3 is 0 Å². The van der Waals surface area contributed by atoms with E-state index in [4.69, 9.17) is 11.6 Å². The molecule has 0 aliphatic carbocycles. The maximum absolute atomic E-state index is 11.3. The highest BCUT2D eigenvalue weighted by Gasteiger charge is 2.38. The van der Waals surface area contributed by atoms with Crippen molar-refractivity contribution in [3.63, 3.8) is 0 Å². The van der Waals surface area contributed by atoms with Gasteiger partial charge in [-0.1, -0.05) is 0 Å². The van der Waals surface area contributed by atoms with Gasteiger partial charge in [-0.05, 0) is 24.4 Å². The molecular weight excluding hydrogens is 312 g/mol. The fourth-order valence-corrected chi connectivity index (χ4v) is 4.33. The lowest BCUT2D eigenvalue weighted by molar-refractivity contribution is -0.129. The maximum Gasteiger partial charge on any atom is 0.253 e. The third-order valence-corrected chi connectivity index (χ3v) is 5.62. The third-order valence-electron chi connectivity index (χ3n) is 3.96. The summed E-state index contributed by atoms with van der Waals surface area (Å²) in [6.07, 6.45) is 2.49. The Morgan fingerprint density at radius 2 is 2.14 bits per heavy atom. The highest BCUT2D eigenvalue weighted by atomic mass is 35.5. The predicted molar refractivity (Wildman–Crippen MR) is 82.8 cm³/mol. The Morgan fingerprint density at radius 1 is 1.43 bits per heavy atom. The molecule has 1 atom stereocenters. The normalized spacial score (nSPS) is 22.2. The number of piperidine rings is 1. The number of likely N-dealkylation sites (tertiary alicyclic amines) is 1. The zero-order valence-corrected chi connectivity index (χ0v) is 13.4. The SMILES string of the molecule is CC(=O)N1CCC(Nc2nc(Cl)nc3c2[S+](O)CC3)CC1. The van der Waals surface area contributed by atoms with Gasteiger partial charge in [0.05, 0.1) is 0 Å². The Bertz CT molecular complexity index is 563. The zero-order valence-electron chi connectivity index (χ0n) is 11.8. The molecule has 1 aromatic heterocycles. The molecule has 0 saturated carbocycles. The number of anilines is 1. The van der Waals surface area contributed by atoms with Crippen LogP contribution in [0, 0.1) is 0 Å². The van der Waals surface area contributed by atoms with Gasteiger partial charge in [0.1, 0.15) is 5.69 Å². The number of aromatic nitrogens is 2. The standard InChI is InChI=1S/C13H18ClN4O2S/c1-8(19)18-5-2-9(3-6-18)15-12-11-10(4-7-21(11)20)16-13(14)17-12/h9,20H,2-7H2,1H3,(H,15,16,17)/q+1. The number of halogens is 1. The molecule has 2 N–H and O–H groups in total. The summed E-state index contributed by atoms with van der Waals surface area (Å²) in [6, 6.07) is 0.244. The van der Waals surface area contributed by atoms with Gasteiger partial charge in [0.15, 0.2) is 22.7 Å². The van der Waals surface area contributed by atoms with Crippen LogP contribution in [0.2, 0.25) is 5.28 Å². The number of carbonyl (C=O) groups is 1. The van der Waals surface area contributed by atoms with E-state index in [2.05, 4.69) is 15.3 Å². The molecule has 3 rings (SSSR count). The smallest absolute Gasteiger partial charge is 0.253 e. The van der Waals surface area contributed by atoms with Crippen LogP contribution in [0.4, 0.5) is 5.82 Å². The maximum atomic E-state index is 11.3. The van der Waals surface area contributed by atoms with Gasteiger partial charge in [0.25, 0.3) is 4.90 Å². The van der Waals surface area contributed by atoms with Crippen molar-refractivity contribution in [3.8, 4) is 0 Å². The fourth-order valence-electron chi connectivity index (χ4n) is 2.81. The number of nitrogens with one attached hydrogen (secondary N) is 1. The second kappa shape index (κ2) is 5.98. The molecule has 0 bridgehead atoms. The molecule has 0 aromatic carbocycles. The summed E-state index contributed by atoms with van der Waals surface area (Å²) >= 11 is 5.17. The molecule has 0 spiro atoms. The van der Waals surface area contributed by atoms with Crippen molar-refractivity contribution in [3.05, 3.63) is 11.0 Å². The minimum atomic E-state index is -0.797. The molecule has 1 saturated heterocycles. The molecular formula is C13H18ClN4O2S+. The summed E-state index contributed by atoms with van der Waals surface area (Å²) in [6.45, 7) is 3.10. The van der Waals surface area contributed by atoms with Gasteiger partial charge in [-0.3, -0.25) is 4.79 Å². The van der Waals surface area contributed by atoms with Crippen LogP contribution in [-0.2, 0) is 22.4 Å². The van der Waals surface area contributed by atoms with Gasteiger partial charge in [0.2, 0.25) is 11.2 Å². The number of carbonyl (C=O) groups excluding carboxylic acids is 1. The van der Waals surface area contributed by atoms with Crippen LogP contribution < -0.4 is 5.32 Å². The van der Waals surface area contributed by atoms with Crippen molar-refractivity contribution in [1.29, 1.82) is 0 Å². The first-order valence-corrected chi connectivity index (χ1v) is 8.76. The van der Waals surface area contributed by atoms with Crippen LogP contribution in [0.25, 0.3) is 0 Å². The Balaban J connectivity index is 1.73. The second-order valence-electron chi connectivity index (χ2n) is 5.36. The van der Waals surface area contributed by atoms with E-state index in [1.165, 1.54) is 0 Å². The first-order valence-electron chi connectivity index (χ1n) is 7.03. The number of hydrogen-bond donors (Lipinski definition) is 2. The molecule has 2 aliphatic heterocycles. The summed E-state index contributed by atoms with van der Waals surface area (Å²) < 4.78 is 10.1. The van der Waals surface area contributed by atoms with Crippen molar-refractivity contribution >= 4 is 34.5 Å². The summed E-state index contributed by atoms with van der Waals surface area (Å²) in [5.74, 6) is 1.48. The van der Waals surface area contributed by atoms with Crippen LogP contribution in [0.5, 0.6) is 0 Å². The van der Waals surface area contributed by atoms with Gasteiger partial charge in [-0.2, -0.15) is 9.54 Å². The molecule has 1 amide bonds. The van der Waals surface area contributed by atoms with E-state index in [1.807, 2.05) is 4.90 Å². The molecule has 1 fully saturated rings. The van der Waals surface area contributed by atoms with Crippen molar-refractivity contribution in [1.82, 2.24) is 14.9 Å². The summed E-state index contributed by atoms with van der Waals surface area (Å²) in [5.41, 5.74) is 0.851. The van der Waals surface area contributed by atoms with Crippen LogP contribution in [0.1, 0.15) is 25.5 Å². The molecule has 6 nitrogen and oxygen atoms in total. The van der Waals surface area contributed by atoms with E-state index in [-0.39, 0.29) is 17.2 Å². The van der Waals surface area contributed by atoms with E-state index >= 15 is 0 Å². The predicted octanol–water partition coefficient (Wildman–Crippen LogP) is 1.56. The average Bonchev–Trinajstić information content (AvgIpc) is 2.80. The minimum absolute atomic E-state index is 0.122. The van der Waals surface area contributed by atoms with Crippen LogP contribution in [0.15, 0.2) is 4.90 Å². The van der Waals surface area contributed by atoms with E-state index in [9.17, 15) is 9.35 Å². The Hall–Kier alpha value is -1.05. The first-order chi connectivity index (χ1) is 10.0. The lowest BCUT2D eigenvalue weighted by Crippen LogP contribution is -2.41. The monoisotopic (exact) mass is 329 g/mol. The fraction of sp³-hybridized carbons (Fsp3) is 0.615. The van der Waals surface area contributed by atoms with Gasteiger partial charge in [0, 0.05) is 32.5 Å². The third kappa shape index (κ3) is 3.09. The molecule has 1 unspecified atom stereocenters. The van der Waals surface area contributed by atoms with Crippen molar-refractivity contribution in [2.45, 2.75) is 37.1 Å². The average molecular weight is 330 g/mol. The van der Waals surface area contributed by atoms with E-state index < -0.39 is 11.2 Å². The van der Waals surface area contributed by atoms with Crippen molar-refractivity contribution in [2.24, 2.45) is 0 Å².